The molecule has 6 heteroatoms. The standard InChI is InChI=1S/C14H14ClN3O2/c1-9(12-5-6-16-8-17-12)18(2)14(20)10-3-4-13(19)11(15)7-10/h3-9,19H,1-2H3/t9-/m1/s1. The molecule has 0 radical (unpaired) electrons. The molecule has 104 valence electrons. The van der Waals surface area contributed by atoms with Gasteiger partial charge in [-0.25, -0.2) is 9.97 Å². The number of amides is 1. The predicted octanol–water partition coefficient (Wildman–Crippen LogP) is 2.67. The minimum Gasteiger partial charge on any atom is -0.506 e. The molecule has 0 aliphatic rings. The lowest BCUT2D eigenvalue weighted by Gasteiger charge is -2.24. The normalized spacial score (nSPS) is 11.9. The summed E-state index contributed by atoms with van der Waals surface area (Å²) in [5, 5.41) is 9.53. The molecular formula is C14H14ClN3O2. The highest BCUT2D eigenvalue weighted by Crippen LogP contribution is 2.25. The lowest BCUT2D eigenvalue weighted by Crippen LogP contribution is -2.30. The van der Waals surface area contributed by atoms with E-state index in [1.807, 2.05) is 6.92 Å². The van der Waals surface area contributed by atoms with Gasteiger partial charge in [-0.1, -0.05) is 11.6 Å². The number of benzene rings is 1. The summed E-state index contributed by atoms with van der Waals surface area (Å²) >= 11 is 5.82. The number of carbonyl (C=O) groups excluding carboxylic acids is 1. The van der Waals surface area contributed by atoms with Gasteiger partial charge in [0.05, 0.1) is 16.8 Å². The molecule has 2 aromatic rings. The molecule has 1 atom stereocenters. The molecule has 1 N–H and O–H groups in total. The summed E-state index contributed by atoms with van der Waals surface area (Å²) in [6.07, 6.45) is 3.08. The van der Waals surface area contributed by atoms with Crippen LogP contribution in [0.25, 0.3) is 0 Å². The van der Waals surface area contributed by atoms with Gasteiger partial charge in [0.1, 0.15) is 12.1 Å². The molecule has 1 aromatic heterocycles. The fourth-order valence-corrected chi connectivity index (χ4v) is 1.95. The zero-order valence-corrected chi connectivity index (χ0v) is 11.9. The number of phenols is 1. The Morgan fingerprint density at radius 1 is 1.40 bits per heavy atom. The minimum absolute atomic E-state index is 0.0466. The number of halogens is 1. The second-order valence-corrected chi connectivity index (χ2v) is 4.80. The lowest BCUT2D eigenvalue weighted by atomic mass is 10.1. The molecule has 1 heterocycles. The van der Waals surface area contributed by atoms with Crippen molar-refractivity contribution in [3.8, 4) is 5.75 Å². The fourth-order valence-electron chi connectivity index (χ4n) is 1.77. The van der Waals surface area contributed by atoms with Gasteiger partial charge in [-0.15, -0.1) is 0 Å². The third-order valence-electron chi connectivity index (χ3n) is 3.13. The molecule has 0 saturated heterocycles. The van der Waals surface area contributed by atoms with E-state index < -0.39 is 0 Å². The van der Waals surface area contributed by atoms with Crippen molar-refractivity contribution >= 4 is 17.5 Å². The van der Waals surface area contributed by atoms with Crippen LogP contribution < -0.4 is 0 Å². The summed E-state index contributed by atoms with van der Waals surface area (Å²) in [6.45, 7) is 1.88. The van der Waals surface area contributed by atoms with E-state index in [1.54, 1.807) is 24.2 Å². The van der Waals surface area contributed by atoms with Crippen molar-refractivity contribution < 1.29 is 9.90 Å². The molecule has 2 rings (SSSR count). The summed E-state index contributed by atoms with van der Waals surface area (Å²) in [5.41, 5.74) is 1.16. The summed E-state index contributed by atoms with van der Waals surface area (Å²) in [4.78, 5) is 21.9. The van der Waals surface area contributed by atoms with Crippen molar-refractivity contribution in [2.24, 2.45) is 0 Å². The maximum atomic E-state index is 12.4. The molecule has 0 aliphatic carbocycles. The maximum Gasteiger partial charge on any atom is 0.254 e. The van der Waals surface area contributed by atoms with Crippen LogP contribution in [-0.2, 0) is 0 Å². The van der Waals surface area contributed by atoms with Gasteiger partial charge in [0.2, 0.25) is 0 Å². The lowest BCUT2D eigenvalue weighted by molar-refractivity contribution is 0.0739. The van der Waals surface area contributed by atoms with Crippen LogP contribution in [0.1, 0.15) is 29.0 Å². The van der Waals surface area contributed by atoms with E-state index in [1.165, 1.54) is 24.5 Å². The van der Waals surface area contributed by atoms with Gasteiger partial charge in [-0.05, 0) is 31.2 Å². The van der Waals surface area contributed by atoms with Crippen LogP contribution in [-0.4, -0.2) is 32.9 Å². The Labute approximate surface area is 121 Å². The summed E-state index contributed by atoms with van der Waals surface area (Å²) in [5.74, 6) is -0.243. The van der Waals surface area contributed by atoms with Crippen molar-refractivity contribution in [3.05, 3.63) is 53.1 Å². The Morgan fingerprint density at radius 2 is 2.15 bits per heavy atom. The Hall–Kier alpha value is -2.14. The van der Waals surface area contributed by atoms with Crippen LogP contribution in [0, 0.1) is 0 Å². The molecular weight excluding hydrogens is 278 g/mol. The number of nitrogens with zero attached hydrogens (tertiary/aromatic N) is 3. The third-order valence-corrected chi connectivity index (χ3v) is 3.43. The quantitative estimate of drug-likeness (QED) is 0.944. The highest BCUT2D eigenvalue weighted by molar-refractivity contribution is 6.32. The average molecular weight is 292 g/mol. The Morgan fingerprint density at radius 3 is 2.75 bits per heavy atom. The van der Waals surface area contributed by atoms with E-state index in [2.05, 4.69) is 9.97 Å². The number of aromatic hydroxyl groups is 1. The van der Waals surface area contributed by atoms with E-state index in [9.17, 15) is 9.90 Å². The maximum absolute atomic E-state index is 12.4. The number of hydrogen-bond donors (Lipinski definition) is 1. The first-order chi connectivity index (χ1) is 9.50. The second-order valence-electron chi connectivity index (χ2n) is 4.39. The predicted molar refractivity (Wildman–Crippen MR) is 75.7 cm³/mol. The fraction of sp³-hybridized carbons (Fsp3) is 0.214. The van der Waals surface area contributed by atoms with Crippen molar-refractivity contribution in [2.45, 2.75) is 13.0 Å². The van der Waals surface area contributed by atoms with Crippen LogP contribution in [0.4, 0.5) is 0 Å². The van der Waals surface area contributed by atoms with Gasteiger partial charge in [0.25, 0.3) is 5.91 Å². The number of rotatable bonds is 3. The van der Waals surface area contributed by atoms with E-state index in [0.29, 0.717) is 5.56 Å². The van der Waals surface area contributed by atoms with Gasteiger partial charge in [0.15, 0.2) is 0 Å². The van der Waals surface area contributed by atoms with Crippen LogP contribution in [0.5, 0.6) is 5.75 Å². The topological polar surface area (TPSA) is 66.3 Å². The Balaban J connectivity index is 2.22. The van der Waals surface area contributed by atoms with Gasteiger partial charge in [0, 0.05) is 18.8 Å². The molecule has 5 nitrogen and oxygen atoms in total. The molecule has 1 aromatic carbocycles. The molecule has 0 aliphatic heterocycles. The van der Waals surface area contributed by atoms with Crippen LogP contribution in [0.15, 0.2) is 36.8 Å². The molecule has 0 fully saturated rings. The molecule has 0 bridgehead atoms. The van der Waals surface area contributed by atoms with Crippen molar-refractivity contribution in [3.63, 3.8) is 0 Å². The van der Waals surface area contributed by atoms with Gasteiger partial charge in [-0.2, -0.15) is 0 Å². The van der Waals surface area contributed by atoms with E-state index in [4.69, 9.17) is 11.6 Å². The first-order valence-corrected chi connectivity index (χ1v) is 6.40. The number of phenolic OH excluding ortho intramolecular Hbond substituents is 1. The highest BCUT2D eigenvalue weighted by atomic mass is 35.5. The molecule has 0 spiro atoms. The van der Waals surface area contributed by atoms with Gasteiger partial charge < -0.3 is 10.0 Å². The molecule has 0 unspecified atom stereocenters. The second kappa shape index (κ2) is 5.88. The van der Waals surface area contributed by atoms with Crippen molar-refractivity contribution in [2.75, 3.05) is 7.05 Å². The largest absolute Gasteiger partial charge is 0.506 e. The Kier molecular flexibility index (Phi) is 4.20. The van der Waals surface area contributed by atoms with E-state index >= 15 is 0 Å². The summed E-state index contributed by atoms with van der Waals surface area (Å²) in [7, 11) is 1.69. The monoisotopic (exact) mass is 291 g/mol. The average Bonchev–Trinajstić information content (AvgIpc) is 2.48. The van der Waals surface area contributed by atoms with E-state index in [0.717, 1.165) is 5.69 Å². The van der Waals surface area contributed by atoms with E-state index in [-0.39, 0.29) is 22.7 Å². The molecule has 0 saturated carbocycles. The number of carbonyl (C=O) groups is 1. The van der Waals surface area contributed by atoms with Crippen molar-refractivity contribution in [1.82, 2.24) is 14.9 Å². The summed E-state index contributed by atoms with van der Waals surface area (Å²) in [6, 6.07) is 5.95. The van der Waals surface area contributed by atoms with Crippen LogP contribution in [0.2, 0.25) is 5.02 Å². The third kappa shape index (κ3) is 2.88. The van der Waals surface area contributed by atoms with Crippen molar-refractivity contribution in [1.29, 1.82) is 0 Å². The number of hydrogen-bond acceptors (Lipinski definition) is 4. The van der Waals surface area contributed by atoms with Crippen LogP contribution in [0.3, 0.4) is 0 Å². The zero-order valence-electron chi connectivity index (χ0n) is 11.1. The van der Waals surface area contributed by atoms with Gasteiger partial charge in [-0.3, -0.25) is 4.79 Å². The summed E-state index contributed by atoms with van der Waals surface area (Å²) < 4.78 is 0. The van der Waals surface area contributed by atoms with Gasteiger partial charge >= 0.3 is 0 Å². The Bertz CT molecular complexity index is 619. The molecule has 20 heavy (non-hydrogen) atoms. The molecule has 1 amide bonds. The SMILES string of the molecule is C[C@H](c1ccncn1)N(C)C(=O)c1ccc(O)c(Cl)c1. The minimum atomic E-state index is -0.196. The zero-order chi connectivity index (χ0) is 14.7. The number of aromatic nitrogens is 2. The highest BCUT2D eigenvalue weighted by Gasteiger charge is 2.20. The van der Waals surface area contributed by atoms with Crippen LogP contribution >= 0.6 is 11.6 Å². The first kappa shape index (κ1) is 14.3. The first-order valence-electron chi connectivity index (χ1n) is 6.02. The smallest absolute Gasteiger partial charge is 0.254 e.